The third-order valence-corrected chi connectivity index (χ3v) is 9.89. The molecule has 7 nitrogen and oxygen atoms in total. The molecule has 2 aliphatic heterocycles. The minimum Gasteiger partial charge on any atom is -0.381 e. The number of allylic oxidation sites excluding steroid dienone is 4. The number of alkyl halides is 3. The Kier molecular flexibility index (Phi) is 5.09. The van der Waals surface area contributed by atoms with Crippen molar-refractivity contribution in [1.29, 1.82) is 0 Å². The van der Waals surface area contributed by atoms with E-state index < -0.39 is 32.6 Å². The van der Waals surface area contributed by atoms with Gasteiger partial charge in [-0.05, 0) is 43.1 Å². The summed E-state index contributed by atoms with van der Waals surface area (Å²) in [7, 11) is -5.83. The number of ether oxygens (including phenoxy) is 4. The van der Waals surface area contributed by atoms with Crippen molar-refractivity contribution in [3.8, 4) is 0 Å². The summed E-state index contributed by atoms with van der Waals surface area (Å²) in [5, 5.41) is 0. The second-order valence-corrected chi connectivity index (χ2v) is 12.0. The van der Waals surface area contributed by atoms with E-state index in [1.54, 1.807) is 0 Å². The van der Waals surface area contributed by atoms with Gasteiger partial charge in [0.25, 0.3) is 0 Å². The van der Waals surface area contributed by atoms with E-state index in [1.165, 1.54) is 5.57 Å². The van der Waals surface area contributed by atoms with Crippen LogP contribution in [0, 0.1) is 23.2 Å². The molecule has 4 atom stereocenters. The molecule has 0 unspecified atom stereocenters. The smallest absolute Gasteiger partial charge is 0.381 e. The molecule has 0 aromatic heterocycles. The van der Waals surface area contributed by atoms with E-state index in [0.717, 1.165) is 25.7 Å². The van der Waals surface area contributed by atoms with Gasteiger partial charge in [-0.25, -0.2) is 0 Å². The lowest BCUT2D eigenvalue weighted by molar-refractivity contribution is -0.473. The second kappa shape index (κ2) is 7.44. The molecule has 0 amide bonds. The van der Waals surface area contributed by atoms with Crippen molar-refractivity contribution in [2.24, 2.45) is 23.2 Å². The first kappa shape index (κ1) is 23.3. The van der Waals surface area contributed by atoms with Crippen molar-refractivity contribution < 1.29 is 44.7 Å². The SMILES string of the molecule is C[C@]12CC(OS(=O)(=O)C(F)(F)F)=C3[C@H]4CCCCC4=CC[C@H]3[C@@H]1CC13OCCOC12OCCO3. The van der Waals surface area contributed by atoms with Crippen LogP contribution in [0.25, 0.3) is 0 Å². The average molecular weight is 507 g/mol. The van der Waals surface area contributed by atoms with Gasteiger partial charge in [0, 0.05) is 24.2 Å². The van der Waals surface area contributed by atoms with Crippen molar-refractivity contribution in [1.82, 2.24) is 0 Å². The van der Waals surface area contributed by atoms with Crippen LogP contribution in [0.5, 0.6) is 0 Å². The Hall–Kier alpha value is -1.14. The van der Waals surface area contributed by atoms with Gasteiger partial charge in [-0.15, -0.1) is 0 Å². The summed E-state index contributed by atoms with van der Waals surface area (Å²) in [5.41, 5.74) is -4.54. The van der Waals surface area contributed by atoms with Crippen molar-refractivity contribution in [3.05, 3.63) is 23.0 Å². The average Bonchev–Trinajstić information content (AvgIpc) is 3.04. The molecule has 0 aromatic carbocycles. The fourth-order valence-corrected chi connectivity index (χ4v) is 8.18. The van der Waals surface area contributed by atoms with E-state index >= 15 is 0 Å². The van der Waals surface area contributed by atoms with E-state index in [4.69, 9.17) is 23.1 Å². The lowest BCUT2D eigenvalue weighted by Crippen LogP contribution is -2.69. The maximum atomic E-state index is 13.4. The van der Waals surface area contributed by atoms with Crippen LogP contribution < -0.4 is 0 Å². The lowest BCUT2D eigenvalue weighted by Gasteiger charge is -2.57. The molecular formula is C23H29F3O7S. The molecular weight excluding hydrogens is 477 g/mol. The quantitative estimate of drug-likeness (QED) is 0.316. The molecule has 2 saturated carbocycles. The highest BCUT2D eigenvalue weighted by Crippen LogP contribution is 2.70. The largest absolute Gasteiger partial charge is 0.534 e. The maximum Gasteiger partial charge on any atom is 0.534 e. The summed E-state index contributed by atoms with van der Waals surface area (Å²) in [5.74, 6) is -3.03. The first-order valence-corrected chi connectivity index (χ1v) is 13.4. The molecule has 0 radical (unpaired) electrons. The number of fused-ring (bicyclic) bond motifs is 5. The molecule has 34 heavy (non-hydrogen) atoms. The van der Waals surface area contributed by atoms with Gasteiger partial charge in [0.1, 0.15) is 5.76 Å². The van der Waals surface area contributed by atoms with Crippen LogP contribution in [0.1, 0.15) is 51.9 Å². The Labute approximate surface area is 196 Å². The molecule has 0 N–H and O–H groups in total. The monoisotopic (exact) mass is 506 g/mol. The molecule has 190 valence electrons. The Morgan fingerprint density at radius 3 is 2.41 bits per heavy atom. The molecule has 0 aromatic rings. The van der Waals surface area contributed by atoms with Crippen molar-refractivity contribution >= 4 is 10.1 Å². The fraction of sp³-hybridized carbons (Fsp3) is 0.826. The molecule has 6 rings (SSSR count). The lowest BCUT2D eigenvalue weighted by atomic mass is 9.56. The highest BCUT2D eigenvalue weighted by Gasteiger charge is 2.79. The minimum atomic E-state index is -5.83. The summed E-state index contributed by atoms with van der Waals surface area (Å²) in [6, 6.07) is 0. The van der Waals surface area contributed by atoms with Gasteiger partial charge in [0.15, 0.2) is 0 Å². The predicted octanol–water partition coefficient (Wildman–Crippen LogP) is 4.16. The molecule has 4 fully saturated rings. The van der Waals surface area contributed by atoms with Crippen LogP contribution in [-0.4, -0.2) is 51.9 Å². The van der Waals surface area contributed by atoms with Gasteiger partial charge >= 0.3 is 15.6 Å². The third kappa shape index (κ3) is 2.93. The number of halogens is 3. The molecule has 0 bridgehead atoms. The zero-order chi connectivity index (χ0) is 24.0. The highest BCUT2D eigenvalue weighted by molar-refractivity contribution is 7.87. The van der Waals surface area contributed by atoms with Crippen molar-refractivity contribution in [3.63, 3.8) is 0 Å². The van der Waals surface area contributed by atoms with Gasteiger partial charge < -0.3 is 23.1 Å². The molecule has 2 heterocycles. The Morgan fingerprint density at radius 2 is 1.74 bits per heavy atom. The number of rotatable bonds is 2. The van der Waals surface area contributed by atoms with E-state index in [1.807, 2.05) is 6.92 Å². The molecule has 4 aliphatic carbocycles. The fourth-order valence-electron chi connectivity index (χ4n) is 7.66. The summed E-state index contributed by atoms with van der Waals surface area (Å²) < 4.78 is 94.5. The Bertz CT molecular complexity index is 1040. The Morgan fingerprint density at radius 1 is 1.06 bits per heavy atom. The number of hydrogen-bond donors (Lipinski definition) is 0. The van der Waals surface area contributed by atoms with Crippen molar-refractivity contribution in [2.45, 2.75) is 69.0 Å². The highest BCUT2D eigenvalue weighted by atomic mass is 32.2. The first-order valence-electron chi connectivity index (χ1n) is 12.0. The van der Waals surface area contributed by atoms with E-state index in [0.29, 0.717) is 31.6 Å². The van der Waals surface area contributed by atoms with Gasteiger partial charge in [-0.3, -0.25) is 0 Å². The number of hydrogen-bond acceptors (Lipinski definition) is 7. The second-order valence-electron chi connectivity index (χ2n) is 10.4. The first-order chi connectivity index (χ1) is 16.0. The normalized spacial score (nSPS) is 44.2. The van der Waals surface area contributed by atoms with Gasteiger partial charge in [0.2, 0.25) is 11.6 Å². The molecule has 2 saturated heterocycles. The molecule has 6 aliphatic rings. The van der Waals surface area contributed by atoms with E-state index in [9.17, 15) is 21.6 Å². The van der Waals surface area contributed by atoms with Gasteiger partial charge in [0.05, 0.1) is 26.4 Å². The summed E-state index contributed by atoms with van der Waals surface area (Å²) in [6.45, 7) is 3.02. The Balaban J connectivity index is 1.51. The molecule has 11 heteroatoms. The van der Waals surface area contributed by atoms with E-state index in [2.05, 4.69) is 6.08 Å². The summed E-state index contributed by atoms with van der Waals surface area (Å²) in [4.78, 5) is 0. The zero-order valence-corrected chi connectivity index (χ0v) is 19.8. The summed E-state index contributed by atoms with van der Waals surface area (Å²) in [6.07, 6.45) is 6.81. The van der Waals surface area contributed by atoms with Gasteiger partial charge in [-0.1, -0.05) is 25.0 Å². The molecule has 0 spiro atoms. The topological polar surface area (TPSA) is 80.3 Å². The third-order valence-electron chi connectivity index (χ3n) is 8.90. The zero-order valence-electron chi connectivity index (χ0n) is 19.0. The predicted molar refractivity (Wildman–Crippen MR) is 111 cm³/mol. The van der Waals surface area contributed by atoms with Crippen LogP contribution in [0.15, 0.2) is 23.0 Å². The minimum absolute atomic E-state index is 0.0585. The van der Waals surface area contributed by atoms with Crippen LogP contribution in [0.4, 0.5) is 13.2 Å². The van der Waals surface area contributed by atoms with Crippen LogP contribution in [0.3, 0.4) is 0 Å². The maximum absolute atomic E-state index is 13.4. The standard InChI is InChI=1S/C23H29F3O7S/c1-20-13-18(33-34(27,28)23(24,25)26)19-15-5-3-2-4-14(15)6-7-16(19)17(20)12-21-22(20,31-10-8-29-21)32-11-9-30-21/h6,15-17H,2-5,7-13H2,1H3/t15-,16-,17-,20-,21?,22?/m0/s1. The van der Waals surface area contributed by atoms with Crippen LogP contribution in [-0.2, 0) is 33.2 Å². The van der Waals surface area contributed by atoms with Gasteiger partial charge in [-0.2, -0.15) is 21.6 Å². The van der Waals surface area contributed by atoms with Crippen molar-refractivity contribution in [2.75, 3.05) is 26.4 Å². The van der Waals surface area contributed by atoms with Crippen LogP contribution >= 0.6 is 0 Å². The van der Waals surface area contributed by atoms with Crippen LogP contribution in [0.2, 0.25) is 0 Å². The van der Waals surface area contributed by atoms with E-state index in [-0.39, 0.29) is 43.1 Å². The summed E-state index contributed by atoms with van der Waals surface area (Å²) >= 11 is 0.